The van der Waals surface area contributed by atoms with Crippen LogP contribution in [0.4, 0.5) is 0 Å². The molecule has 0 radical (unpaired) electrons. The second kappa shape index (κ2) is 4.83. The standard InChI is InChI=1S/C10H21NO/c1-3-10-5-4-9(2)11(8-10)6-7-12/h9-10,12H,3-8H2,1-2H3. The van der Waals surface area contributed by atoms with Crippen molar-refractivity contribution in [2.45, 2.75) is 39.2 Å². The van der Waals surface area contributed by atoms with Crippen LogP contribution in [0, 0.1) is 5.92 Å². The number of hydrogen-bond donors (Lipinski definition) is 1. The molecule has 0 saturated carbocycles. The summed E-state index contributed by atoms with van der Waals surface area (Å²) in [6, 6.07) is 0.681. The van der Waals surface area contributed by atoms with Gasteiger partial charge in [-0.1, -0.05) is 13.3 Å². The second-order valence-corrected chi connectivity index (χ2v) is 3.92. The third-order valence-electron chi connectivity index (χ3n) is 3.07. The highest BCUT2D eigenvalue weighted by Crippen LogP contribution is 2.23. The van der Waals surface area contributed by atoms with E-state index in [4.69, 9.17) is 5.11 Å². The summed E-state index contributed by atoms with van der Waals surface area (Å²) in [5.41, 5.74) is 0. The number of β-amino-alcohol motifs (C(OH)–C–C–N with tert-alkyl or cyclic N) is 1. The number of aliphatic hydroxyl groups excluding tert-OH is 1. The predicted molar refractivity (Wildman–Crippen MR) is 51.1 cm³/mol. The zero-order chi connectivity index (χ0) is 8.97. The van der Waals surface area contributed by atoms with E-state index in [2.05, 4.69) is 18.7 Å². The molecule has 1 saturated heterocycles. The molecule has 1 rings (SSSR count). The van der Waals surface area contributed by atoms with Gasteiger partial charge in [0.05, 0.1) is 6.61 Å². The van der Waals surface area contributed by atoms with E-state index in [1.165, 1.54) is 25.8 Å². The summed E-state index contributed by atoms with van der Waals surface area (Å²) in [6.45, 7) is 6.88. The molecule has 0 spiro atoms. The Bertz CT molecular complexity index is 127. The monoisotopic (exact) mass is 171 g/mol. The van der Waals surface area contributed by atoms with E-state index in [0.717, 1.165) is 12.5 Å². The van der Waals surface area contributed by atoms with E-state index < -0.39 is 0 Å². The number of aliphatic hydroxyl groups is 1. The summed E-state index contributed by atoms with van der Waals surface area (Å²) >= 11 is 0. The van der Waals surface area contributed by atoms with Crippen LogP contribution in [-0.2, 0) is 0 Å². The van der Waals surface area contributed by atoms with Gasteiger partial charge in [0.2, 0.25) is 0 Å². The topological polar surface area (TPSA) is 23.5 Å². The van der Waals surface area contributed by atoms with Crippen molar-refractivity contribution in [1.29, 1.82) is 0 Å². The maximum Gasteiger partial charge on any atom is 0.0558 e. The van der Waals surface area contributed by atoms with E-state index in [0.29, 0.717) is 12.6 Å². The molecule has 2 heteroatoms. The molecule has 1 aliphatic heterocycles. The Morgan fingerprint density at radius 3 is 2.75 bits per heavy atom. The lowest BCUT2D eigenvalue weighted by Gasteiger charge is -2.37. The first-order chi connectivity index (χ1) is 5.77. The lowest BCUT2D eigenvalue weighted by molar-refractivity contribution is 0.0928. The van der Waals surface area contributed by atoms with Gasteiger partial charge in [-0.25, -0.2) is 0 Å². The fourth-order valence-corrected chi connectivity index (χ4v) is 2.04. The number of nitrogens with zero attached hydrogens (tertiary/aromatic N) is 1. The van der Waals surface area contributed by atoms with Crippen molar-refractivity contribution in [2.24, 2.45) is 5.92 Å². The van der Waals surface area contributed by atoms with Crippen LogP contribution >= 0.6 is 0 Å². The smallest absolute Gasteiger partial charge is 0.0558 e. The van der Waals surface area contributed by atoms with Crippen molar-refractivity contribution in [3.05, 3.63) is 0 Å². The number of likely N-dealkylation sites (tertiary alicyclic amines) is 1. The summed E-state index contributed by atoms with van der Waals surface area (Å²) in [7, 11) is 0. The van der Waals surface area contributed by atoms with Crippen LogP contribution in [0.5, 0.6) is 0 Å². The first kappa shape index (κ1) is 10.0. The maximum absolute atomic E-state index is 8.85. The van der Waals surface area contributed by atoms with Gasteiger partial charge in [-0.2, -0.15) is 0 Å². The quantitative estimate of drug-likeness (QED) is 0.695. The second-order valence-electron chi connectivity index (χ2n) is 3.92. The molecule has 72 valence electrons. The van der Waals surface area contributed by atoms with Crippen molar-refractivity contribution < 1.29 is 5.11 Å². The van der Waals surface area contributed by atoms with Crippen LogP contribution in [0.15, 0.2) is 0 Å². The van der Waals surface area contributed by atoms with Gasteiger partial charge >= 0.3 is 0 Å². The van der Waals surface area contributed by atoms with Crippen LogP contribution in [0.3, 0.4) is 0 Å². The molecule has 2 atom stereocenters. The zero-order valence-electron chi connectivity index (χ0n) is 8.29. The Morgan fingerprint density at radius 2 is 2.17 bits per heavy atom. The van der Waals surface area contributed by atoms with Crippen molar-refractivity contribution in [1.82, 2.24) is 4.90 Å². The summed E-state index contributed by atoms with van der Waals surface area (Å²) in [5.74, 6) is 0.868. The van der Waals surface area contributed by atoms with Crippen LogP contribution < -0.4 is 0 Å². The Labute approximate surface area is 75.6 Å². The zero-order valence-corrected chi connectivity index (χ0v) is 8.29. The Balaban J connectivity index is 2.36. The minimum Gasteiger partial charge on any atom is -0.395 e. The SMILES string of the molecule is CCC1CCC(C)N(CCO)C1. The Hall–Kier alpha value is -0.0800. The molecule has 0 amide bonds. The molecule has 12 heavy (non-hydrogen) atoms. The summed E-state index contributed by atoms with van der Waals surface area (Å²) in [4.78, 5) is 2.41. The van der Waals surface area contributed by atoms with E-state index in [1.54, 1.807) is 0 Å². The van der Waals surface area contributed by atoms with Gasteiger partial charge in [-0.15, -0.1) is 0 Å². The fourth-order valence-electron chi connectivity index (χ4n) is 2.04. The van der Waals surface area contributed by atoms with Crippen molar-refractivity contribution in [3.63, 3.8) is 0 Å². The van der Waals surface area contributed by atoms with Gasteiger partial charge in [0.15, 0.2) is 0 Å². The highest BCUT2D eigenvalue weighted by atomic mass is 16.3. The normalized spacial score (nSPS) is 32.2. The maximum atomic E-state index is 8.85. The molecule has 0 aromatic heterocycles. The summed E-state index contributed by atoms with van der Waals surface area (Å²) in [6.07, 6.45) is 3.97. The third kappa shape index (κ3) is 2.46. The molecule has 1 heterocycles. The number of rotatable bonds is 3. The van der Waals surface area contributed by atoms with E-state index in [9.17, 15) is 0 Å². The van der Waals surface area contributed by atoms with Crippen LogP contribution in [-0.4, -0.2) is 35.7 Å². The third-order valence-corrected chi connectivity index (χ3v) is 3.07. The van der Waals surface area contributed by atoms with Gasteiger partial charge in [-0.3, -0.25) is 4.90 Å². The van der Waals surface area contributed by atoms with E-state index in [1.807, 2.05) is 0 Å². The van der Waals surface area contributed by atoms with Gasteiger partial charge in [-0.05, 0) is 25.7 Å². The fraction of sp³-hybridized carbons (Fsp3) is 1.00. The molecule has 2 nitrogen and oxygen atoms in total. The molecule has 0 aromatic rings. The Morgan fingerprint density at radius 1 is 1.42 bits per heavy atom. The molecule has 1 N–H and O–H groups in total. The number of piperidine rings is 1. The average molecular weight is 171 g/mol. The van der Waals surface area contributed by atoms with Crippen molar-refractivity contribution in [2.75, 3.05) is 19.7 Å². The van der Waals surface area contributed by atoms with E-state index in [-0.39, 0.29) is 0 Å². The first-order valence-corrected chi connectivity index (χ1v) is 5.12. The largest absolute Gasteiger partial charge is 0.395 e. The molecule has 0 aromatic carbocycles. The Kier molecular flexibility index (Phi) is 4.02. The van der Waals surface area contributed by atoms with E-state index >= 15 is 0 Å². The minimum absolute atomic E-state index is 0.306. The highest BCUT2D eigenvalue weighted by molar-refractivity contribution is 4.77. The lowest BCUT2D eigenvalue weighted by atomic mass is 9.92. The predicted octanol–water partition coefficient (Wildman–Crippen LogP) is 1.49. The average Bonchev–Trinajstić information content (AvgIpc) is 2.09. The number of hydrogen-bond acceptors (Lipinski definition) is 2. The highest BCUT2D eigenvalue weighted by Gasteiger charge is 2.23. The van der Waals surface area contributed by atoms with Gasteiger partial charge in [0.25, 0.3) is 0 Å². The molecular weight excluding hydrogens is 150 g/mol. The summed E-state index contributed by atoms with van der Waals surface area (Å²) < 4.78 is 0. The van der Waals surface area contributed by atoms with Gasteiger partial charge < -0.3 is 5.11 Å². The first-order valence-electron chi connectivity index (χ1n) is 5.12. The minimum atomic E-state index is 0.306. The molecule has 1 fully saturated rings. The molecular formula is C10H21NO. The molecule has 0 aliphatic carbocycles. The van der Waals surface area contributed by atoms with Crippen LogP contribution in [0.1, 0.15) is 33.1 Å². The van der Waals surface area contributed by atoms with Gasteiger partial charge in [0, 0.05) is 19.1 Å². The summed E-state index contributed by atoms with van der Waals surface area (Å²) in [5, 5.41) is 8.85. The van der Waals surface area contributed by atoms with Crippen molar-refractivity contribution in [3.8, 4) is 0 Å². The molecule has 0 bridgehead atoms. The lowest BCUT2D eigenvalue weighted by Crippen LogP contribution is -2.42. The van der Waals surface area contributed by atoms with Crippen LogP contribution in [0.25, 0.3) is 0 Å². The van der Waals surface area contributed by atoms with Crippen molar-refractivity contribution >= 4 is 0 Å². The molecule has 1 aliphatic rings. The van der Waals surface area contributed by atoms with Gasteiger partial charge in [0.1, 0.15) is 0 Å². The molecule has 2 unspecified atom stereocenters. The van der Waals surface area contributed by atoms with Crippen LogP contribution in [0.2, 0.25) is 0 Å².